The van der Waals surface area contributed by atoms with Crippen molar-refractivity contribution in [1.29, 1.82) is 0 Å². The van der Waals surface area contributed by atoms with E-state index in [1.165, 1.54) is 6.92 Å². The fourth-order valence-corrected chi connectivity index (χ4v) is 2.07. The molecule has 0 spiro atoms. The zero-order chi connectivity index (χ0) is 12.0. The van der Waals surface area contributed by atoms with Gasteiger partial charge in [0.05, 0.1) is 11.0 Å². The lowest BCUT2D eigenvalue weighted by Crippen LogP contribution is -2.01. The fraction of sp³-hybridized carbons (Fsp3) is 0.0833. The van der Waals surface area contributed by atoms with E-state index in [1.807, 2.05) is 24.3 Å². The van der Waals surface area contributed by atoms with Gasteiger partial charge in [0.2, 0.25) is 5.78 Å². The number of nitrogens with zero attached hydrogens (tertiary/aromatic N) is 2. The Balaban J connectivity index is 2.55. The summed E-state index contributed by atoms with van der Waals surface area (Å²) >= 11 is 0. The number of aromatic amines is 1. The molecular formula is C12H9N3O2. The Morgan fingerprint density at radius 1 is 1.41 bits per heavy atom. The lowest BCUT2D eigenvalue weighted by Gasteiger charge is -1.96. The van der Waals surface area contributed by atoms with Crippen molar-refractivity contribution < 1.29 is 9.59 Å². The van der Waals surface area contributed by atoms with E-state index in [9.17, 15) is 9.59 Å². The molecule has 0 saturated heterocycles. The fourth-order valence-electron chi connectivity index (χ4n) is 2.07. The van der Waals surface area contributed by atoms with Crippen LogP contribution in [-0.4, -0.2) is 26.4 Å². The van der Waals surface area contributed by atoms with Crippen LogP contribution < -0.4 is 0 Å². The van der Waals surface area contributed by atoms with Gasteiger partial charge in [0, 0.05) is 6.92 Å². The summed E-state index contributed by atoms with van der Waals surface area (Å²) < 4.78 is 1.68. The van der Waals surface area contributed by atoms with Crippen LogP contribution in [0.5, 0.6) is 0 Å². The van der Waals surface area contributed by atoms with Crippen LogP contribution in [0.1, 0.15) is 27.9 Å². The normalized spacial score (nSPS) is 11.1. The van der Waals surface area contributed by atoms with Crippen LogP contribution in [0.4, 0.5) is 0 Å². The molecule has 0 aliphatic rings. The lowest BCUT2D eigenvalue weighted by molar-refractivity contribution is 0.1000. The summed E-state index contributed by atoms with van der Waals surface area (Å²) in [4.78, 5) is 29.7. The number of ketones is 1. The van der Waals surface area contributed by atoms with Gasteiger partial charge in [-0.15, -0.1) is 0 Å². The number of H-pyrrole nitrogens is 1. The number of Topliss-reactive ketones (excluding diaryl/α,β-unsaturated/α-hetero) is 1. The molecule has 84 valence electrons. The Kier molecular flexibility index (Phi) is 1.89. The quantitative estimate of drug-likeness (QED) is 0.536. The molecular weight excluding hydrogens is 218 g/mol. The standard InChI is InChI=1S/C12H9N3O2/c1-7(17)11-9(6-16)14-12-13-8-4-2-3-5-10(8)15(11)12/h2-6H,1H3,(H,13,14). The Bertz CT molecular complexity index is 752. The molecule has 1 N–H and O–H groups in total. The predicted molar refractivity (Wildman–Crippen MR) is 62.4 cm³/mol. The third kappa shape index (κ3) is 1.22. The average Bonchev–Trinajstić information content (AvgIpc) is 2.83. The van der Waals surface area contributed by atoms with Gasteiger partial charge in [-0.25, -0.2) is 4.98 Å². The molecule has 1 aromatic carbocycles. The van der Waals surface area contributed by atoms with E-state index < -0.39 is 0 Å². The van der Waals surface area contributed by atoms with Crippen LogP contribution in [0, 0.1) is 0 Å². The number of aromatic nitrogens is 3. The Labute approximate surface area is 96.1 Å². The summed E-state index contributed by atoms with van der Waals surface area (Å²) in [5.74, 6) is 0.347. The van der Waals surface area contributed by atoms with Gasteiger partial charge < -0.3 is 4.98 Å². The van der Waals surface area contributed by atoms with Crippen LogP contribution in [-0.2, 0) is 0 Å². The van der Waals surface area contributed by atoms with Gasteiger partial charge in [0.1, 0.15) is 11.4 Å². The Hall–Kier alpha value is -2.43. The van der Waals surface area contributed by atoms with Gasteiger partial charge in [-0.3, -0.25) is 14.0 Å². The molecule has 0 radical (unpaired) electrons. The van der Waals surface area contributed by atoms with Crippen LogP contribution >= 0.6 is 0 Å². The molecule has 0 atom stereocenters. The van der Waals surface area contributed by atoms with Crippen LogP contribution in [0.25, 0.3) is 16.8 Å². The molecule has 0 aliphatic carbocycles. The number of carbonyl (C=O) groups is 2. The molecule has 0 amide bonds. The first kappa shape index (κ1) is 9.77. The molecule has 3 aromatic rings. The van der Waals surface area contributed by atoms with Gasteiger partial charge in [-0.2, -0.15) is 0 Å². The summed E-state index contributed by atoms with van der Waals surface area (Å²) in [6.07, 6.45) is 0.639. The molecule has 0 fully saturated rings. The van der Waals surface area contributed by atoms with E-state index in [-0.39, 0.29) is 11.5 Å². The van der Waals surface area contributed by atoms with E-state index >= 15 is 0 Å². The van der Waals surface area contributed by atoms with Crippen LogP contribution in [0.3, 0.4) is 0 Å². The highest BCUT2D eigenvalue weighted by molar-refractivity contribution is 6.01. The minimum atomic E-state index is -0.165. The first-order valence-electron chi connectivity index (χ1n) is 5.17. The van der Waals surface area contributed by atoms with Crippen molar-refractivity contribution in [1.82, 2.24) is 14.4 Å². The number of fused-ring (bicyclic) bond motifs is 3. The van der Waals surface area contributed by atoms with Crippen molar-refractivity contribution in [3.63, 3.8) is 0 Å². The number of nitrogens with one attached hydrogen (secondary N) is 1. The van der Waals surface area contributed by atoms with Gasteiger partial charge in [0.25, 0.3) is 0 Å². The molecule has 0 unspecified atom stereocenters. The van der Waals surface area contributed by atoms with E-state index in [2.05, 4.69) is 9.97 Å². The number of hydrogen-bond acceptors (Lipinski definition) is 3. The maximum Gasteiger partial charge on any atom is 0.213 e. The second-order valence-electron chi connectivity index (χ2n) is 3.82. The SMILES string of the molecule is CC(=O)c1c(C=O)[nH]c2nc3ccccc3n12. The number of hydrogen-bond donors (Lipinski definition) is 1. The highest BCUT2D eigenvalue weighted by Crippen LogP contribution is 2.20. The number of rotatable bonds is 2. The maximum absolute atomic E-state index is 11.6. The first-order chi connectivity index (χ1) is 8.22. The lowest BCUT2D eigenvalue weighted by atomic mass is 10.2. The second-order valence-corrected chi connectivity index (χ2v) is 3.82. The summed E-state index contributed by atoms with van der Waals surface area (Å²) in [7, 11) is 0. The van der Waals surface area contributed by atoms with E-state index in [0.717, 1.165) is 11.0 Å². The van der Waals surface area contributed by atoms with Crippen molar-refractivity contribution in [2.45, 2.75) is 6.92 Å². The average molecular weight is 227 g/mol. The van der Waals surface area contributed by atoms with Crippen molar-refractivity contribution in [3.8, 4) is 0 Å². The summed E-state index contributed by atoms with van der Waals surface area (Å²) in [6.45, 7) is 1.43. The van der Waals surface area contributed by atoms with E-state index in [4.69, 9.17) is 0 Å². The molecule has 17 heavy (non-hydrogen) atoms. The van der Waals surface area contributed by atoms with E-state index in [1.54, 1.807) is 4.40 Å². The van der Waals surface area contributed by atoms with Gasteiger partial charge in [-0.05, 0) is 12.1 Å². The topological polar surface area (TPSA) is 67.2 Å². The molecule has 5 heteroatoms. The third-order valence-electron chi connectivity index (χ3n) is 2.74. The summed E-state index contributed by atoms with van der Waals surface area (Å²) in [5, 5.41) is 0. The molecule has 0 saturated carbocycles. The smallest absolute Gasteiger partial charge is 0.213 e. The third-order valence-corrected chi connectivity index (χ3v) is 2.74. The highest BCUT2D eigenvalue weighted by atomic mass is 16.1. The molecule has 0 bridgehead atoms. The Morgan fingerprint density at radius 3 is 2.88 bits per heavy atom. The molecule has 2 heterocycles. The minimum Gasteiger partial charge on any atom is -0.321 e. The minimum absolute atomic E-state index is 0.165. The van der Waals surface area contributed by atoms with Crippen molar-refractivity contribution >= 4 is 28.9 Å². The predicted octanol–water partition coefficient (Wildman–Crippen LogP) is 1.83. The van der Waals surface area contributed by atoms with Crippen LogP contribution in [0.2, 0.25) is 0 Å². The number of imidazole rings is 2. The van der Waals surface area contributed by atoms with Gasteiger partial charge >= 0.3 is 0 Å². The summed E-state index contributed by atoms with van der Waals surface area (Å²) in [5.41, 5.74) is 2.23. The molecule has 5 nitrogen and oxygen atoms in total. The Morgan fingerprint density at radius 2 is 2.18 bits per heavy atom. The number of para-hydroxylation sites is 2. The van der Waals surface area contributed by atoms with Crippen LogP contribution in [0.15, 0.2) is 24.3 Å². The zero-order valence-electron chi connectivity index (χ0n) is 9.10. The van der Waals surface area contributed by atoms with Crippen molar-refractivity contribution in [2.24, 2.45) is 0 Å². The molecule has 0 aliphatic heterocycles. The second kappa shape index (κ2) is 3.28. The number of carbonyl (C=O) groups excluding carboxylic acids is 2. The van der Waals surface area contributed by atoms with E-state index in [0.29, 0.717) is 17.8 Å². The number of aldehydes is 1. The number of benzene rings is 1. The summed E-state index contributed by atoms with van der Waals surface area (Å²) in [6, 6.07) is 7.47. The zero-order valence-corrected chi connectivity index (χ0v) is 9.10. The maximum atomic E-state index is 11.6. The largest absolute Gasteiger partial charge is 0.321 e. The highest BCUT2D eigenvalue weighted by Gasteiger charge is 2.18. The molecule has 2 aromatic heterocycles. The molecule has 3 rings (SSSR count). The van der Waals surface area contributed by atoms with Crippen molar-refractivity contribution in [2.75, 3.05) is 0 Å². The van der Waals surface area contributed by atoms with Crippen molar-refractivity contribution in [3.05, 3.63) is 35.7 Å². The van der Waals surface area contributed by atoms with Gasteiger partial charge in [-0.1, -0.05) is 12.1 Å². The first-order valence-corrected chi connectivity index (χ1v) is 5.17. The van der Waals surface area contributed by atoms with Gasteiger partial charge in [0.15, 0.2) is 12.1 Å². The monoisotopic (exact) mass is 227 g/mol.